The van der Waals surface area contributed by atoms with Crippen molar-refractivity contribution >= 4 is 11.0 Å². The quantitative estimate of drug-likeness (QED) is 0.453. The van der Waals surface area contributed by atoms with Crippen molar-refractivity contribution in [3.63, 3.8) is 0 Å². The van der Waals surface area contributed by atoms with Crippen molar-refractivity contribution in [2.45, 2.75) is 20.0 Å². The van der Waals surface area contributed by atoms with E-state index >= 15 is 0 Å². The van der Waals surface area contributed by atoms with Crippen LogP contribution in [0.2, 0.25) is 0 Å². The number of para-hydroxylation sites is 1. The van der Waals surface area contributed by atoms with E-state index in [1.54, 1.807) is 31.2 Å². The van der Waals surface area contributed by atoms with Gasteiger partial charge in [0.2, 0.25) is 0 Å². The number of hydrogen-bond acceptors (Lipinski definition) is 2. The minimum Gasteiger partial charge on any atom is -0.233 e. The van der Waals surface area contributed by atoms with Gasteiger partial charge < -0.3 is 0 Å². The molecule has 0 amide bonds. The van der Waals surface area contributed by atoms with Crippen LogP contribution in [-0.2, 0) is 6.18 Å². The fourth-order valence-corrected chi connectivity index (χ4v) is 3.13. The van der Waals surface area contributed by atoms with E-state index in [0.717, 1.165) is 11.6 Å². The van der Waals surface area contributed by atoms with E-state index in [1.807, 2.05) is 37.3 Å². The van der Waals surface area contributed by atoms with Crippen LogP contribution < -0.4 is 0 Å². The summed E-state index contributed by atoms with van der Waals surface area (Å²) in [5.41, 5.74) is 2.35. The molecular weight excluding hydrogens is 351 g/mol. The van der Waals surface area contributed by atoms with Crippen molar-refractivity contribution in [2.75, 3.05) is 0 Å². The van der Waals surface area contributed by atoms with Crippen LogP contribution >= 0.6 is 0 Å². The molecule has 0 aliphatic carbocycles. The molecule has 0 fully saturated rings. The number of aryl methyl sites for hydroxylation is 2. The lowest BCUT2D eigenvalue weighted by molar-refractivity contribution is -0.136. The second kappa shape index (κ2) is 6.23. The Bertz CT molecular complexity index is 1110. The normalized spacial score (nSPS) is 11.9. The van der Waals surface area contributed by atoms with Crippen LogP contribution in [0.15, 0.2) is 60.7 Å². The predicted octanol–water partition coefficient (Wildman–Crippen LogP) is 5.72. The molecule has 136 valence electrons. The Kier molecular flexibility index (Phi) is 3.98. The predicted molar refractivity (Wildman–Crippen MR) is 98.8 cm³/mol. The van der Waals surface area contributed by atoms with E-state index in [9.17, 15) is 13.2 Å². The summed E-state index contributed by atoms with van der Waals surface area (Å²) in [6, 6.07) is 17.4. The lowest BCUT2D eigenvalue weighted by atomic mass is 10.0. The second-order valence-electron chi connectivity index (χ2n) is 6.47. The third-order valence-corrected chi connectivity index (χ3v) is 4.40. The van der Waals surface area contributed by atoms with Gasteiger partial charge in [0.1, 0.15) is 5.69 Å². The Morgan fingerprint density at radius 1 is 0.889 bits per heavy atom. The van der Waals surface area contributed by atoms with Gasteiger partial charge in [-0.05, 0) is 32.0 Å². The molecule has 4 rings (SSSR count). The van der Waals surface area contributed by atoms with Gasteiger partial charge in [-0.1, -0.05) is 48.0 Å². The Morgan fingerprint density at radius 2 is 1.56 bits per heavy atom. The van der Waals surface area contributed by atoms with Gasteiger partial charge in [-0.2, -0.15) is 18.3 Å². The highest BCUT2D eigenvalue weighted by molar-refractivity contribution is 5.95. The summed E-state index contributed by atoms with van der Waals surface area (Å²) < 4.78 is 42.9. The standard InChI is InChI=1S/C21H16F3N3/c1-13-8-10-15(11-9-13)19-18-17(21(22,23)24)12-14(2)25-20(18)27(26-19)16-6-4-3-5-7-16/h3-12H,1-2H3. The molecule has 0 saturated carbocycles. The average molecular weight is 367 g/mol. The molecule has 0 unspecified atom stereocenters. The summed E-state index contributed by atoms with van der Waals surface area (Å²) in [5.74, 6) is 0. The molecule has 3 nitrogen and oxygen atoms in total. The maximum atomic E-state index is 13.8. The first-order valence-electron chi connectivity index (χ1n) is 8.44. The van der Waals surface area contributed by atoms with Crippen LogP contribution in [0.3, 0.4) is 0 Å². The van der Waals surface area contributed by atoms with Crippen molar-refractivity contribution in [2.24, 2.45) is 0 Å². The first kappa shape index (κ1) is 17.3. The number of hydrogen-bond donors (Lipinski definition) is 0. The summed E-state index contributed by atoms with van der Waals surface area (Å²) in [4.78, 5) is 4.39. The molecule has 0 atom stereocenters. The van der Waals surface area contributed by atoms with Gasteiger partial charge >= 0.3 is 6.18 Å². The zero-order valence-corrected chi connectivity index (χ0v) is 14.7. The van der Waals surface area contributed by atoms with Crippen LogP contribution in [0.1, 0.15) is 16.8 Å². The first-order valence-corrected chi connectivity index (χ1v) is 8.44. The largest absolute Gasteiger partial charge is 0.417 e. The Hall–Kier alpha value is -3.15. The topological polar surface area (TPSA) is 30.7 Å². The van der Waals surface area contributed by atoms with Crippen LogP contribution in [0.5, 0.6) is 0 Å². The summed E-state index contributed by atoms with van der Waals surface area (Å²) in [6.07, 6.45) is -4.50. The molecule has 0 saturated heterocycles. The zero-order valence-electron chi connectivity index (χ0n) is 14.7. The van der Waals surface area contributed by atoms with Gasteiger partial charge in [0.15, 0.2) is 5.65 Å². The highest BCUT2D eigenvalue weighted by atomic mass is 19.4. The number of rotatable bonds is 2. The SMILES string of the molecule is Cc1ccc(-c2nn(-c3ccccc3)c3nc(C)cc(C(F)(F)F)c23)cc1. The van der Waals surface area contributed by atoms with Gasteiger partial charge in [-0.25, -0.2) is 9.67 Å². The van der Waals surface area contributed by atoms with Gasteiger partial charge in [-0.3, -0.25) is 0 Å². The molecule has 27 heavy (non-hydrogen) atoms. The number of nitrogens with zero attached hydrogens (tertiary/aromatic N) is 3. The van der Waals surface area contributed by atoms with E-state index in [1.165, 1.54) is 4.68 Å². The van der Waals surface area contributed by atoms with Crippen molar-refractivity contribution in [3.05, 3.63) is 77.5 Å². The lowest BCUT2D eigenvalue weighted by Crippen LogP contribution is -2.08. The zero-order chi connectivity index (χ0) is 19.2. The Morgan fingerprint density at radius 3 is 2.19 bits per heavy atom. The number of halogens is 3. The molecule has 2 heterocycles. The third kappa shape index (κ3) is 3.07. The number of alkyl halides is 3. The van der Waals surface area contributed by atoms with Gasteiger partial charge in [-0.15, -0.1) is 0 Å². The molecule has 6 heteroatoms. The van der Waals surface area contributed by atoms with Gasteiger partial charge in [0.05, 0.1) is 16.6 Å². The molecule has 0 radical (unpaired) electrons. The molecule has 0 N–H and O–H groups in total. The van der Waals surface area contributed by atoms with E-state index in [2.05, 4.69) is 10.1 Å². The van der Waals surface area contributed by atoms with Crippen LogP contribution in [0.4, 0.5) is 13.2 Å². The number of fused-ring (bicyclic) bond motifs is 1. The average Bonchev–Trinajstić information content (AvgIpc) is 3.01. The molecule has 2 aromatic carbocycles. The lowest BCUT2D eigenvalue weighted by Gasteiger charge is -2.10. The van der Waals surface area contributed by atoms with Gasteiger partial charge in [0.25, 0.3) is 0 Å². The highest BCUT2D eigenvalue weighted by Crippen LogP contribution is 2.40. The van der Waals surface area contributed by atoms with Crippen molar-refractivity contribution < 1.29 is 13.2 Å². The van der Waals surface area contributed by atoms with Crippen molar-refractivity contribution in [3.8, 4) is 16.9 Å². The number of aromatic nitrogens is 3. The van der Waals surface area contributed by atoms with E-state index < -0.39 is 11.7 Å². The maximum Gasteiger partial charge on any atom is 0.417 e. The molecule has 0 aliphatic rings. The summed E-state index contributed by atoms with van der Waals surface area (Å²) in [5, 5.41) is 4.54. The molecule has 0 spiro atoms. The van der Waals surface area contributed by atoms with E-state index in [4.69, 9.17) is 0 Å². The summed E-state index contributed by atoms with van der Waals surface area (Å²) >= 11 is 0. The van der Waals surface area contributed by atoms with E-state index in [-0.39, 0.29) is 16.7 Å². The minimum absolute atomic E-state index is 0.0146. The van der Waals surface area contributed by atoms with E-state index in [0.29, 0.717) is 16.9 Å². The van der Waals surface area contributed by atoms with Crippen molar-refractivity contribution in [1.82, 2.24) is 14.8 Å². The van der Waals surface area contributed by atoms with Crippen molar-refractivity contribution in [1.29, 1.82) is 0 Å². The fourth-order valence-electron chi connectivity index (χ4n) is 3.13. The van der Waals surface area contributed by atoms with Gasteiger partial charge in [0, 0.05) is 11.3 Å². The Balaban J connectivity index is 2.12. The third-order valence-electron chi connectivity index (χ3n) is 4.40. The fraction of sp³-hybridized carbons (Fsp3) is 0.143. The monoisotopic (exact) mass is 367 g/mol. The van der Waals surface area contributed by atoms with Crippen LogP contribution in [-0.4, -0.2) is 14.8 Å². The highest BCUT2D eigenvalue weighted by Gasteiger charge is 2.36. The molecule has 2 aromatic heterocycles. The molecule has 4 aromatic rings. The summed E-state index contributed by atoms with van der Waals surface area (Å²) in [7, 11) is 0. The molecular formula is C21H16F3N3. The van der Waals surface area contributed by atoms with Crippen LogP contribution in [0.25, 0.3) is 28.0 Å². The second-order valence-corrected chi connectivity index (χ2v) is 6.47. The number of pyridine rings is 1. The van der Waals surface area contributed by atoms with Crippen LogP contribution in [0, 0.1) is 13.8 Å². The number of benzene rings is 2. The summed E-state index contributed by atoms with van der Waals surface area (Å²) in [6.45, 7) is 3.49. The minimum atomic E-state index is -4.50. The maximum absolute atomic E-state index is 13.8. The first-order chi connectivity index (χ1) is 12.8. The smallest absolute Gasteiger partial charge is 0.233 e. The Labute approximate surface area is 154 Å². The molecule has 0 bridgehead atoms. The molecule has 0 aliphatic heterocycles.